The van der Waals surface area contributed by atoms with Crippen molar-refractivity contribution < 1.29 is 23.1 Å². The average molecular weight is 325 g/mol. The summed E-state index contributed by atoms with van der Waals surface area (Å²) in [5.41, 5.74) is 0.413. The van der Waals surface area contributed by atoms with Gasteiger partial charge in [0, 0.05) is 6.54 Å². The first-order chi connectivity index (χ1) is 10.9. The van der Waals surface area contributed by atoms with E-state index >= 15 is 0 Å². The van der Waals surface area contributed by atoms with Crippen LogP contribution in [0, 0.1) is 0 Å². The fourth-order valence-electron chi connectivity index (χ4n) is 2.77. The van der Waals surface area contributed by atoms with Crippen LogP contribution in [0.5, 0.6) is 0 Å². The number of nitrogens with zero attached hydrogens (tertiary/aromatic N) is 2. The van der Waals surface area contributed by atoms with E-state index in [9.17, 15) is 18.0 Å². The molecule has 23 heavy (non-hydrogen) atoms. The molecule has 0 unspecified atom stereocenters. The number of aromatic nitrogens is 2. The van der Waals surface area contributed by atoms with Crippen LogP contribution in [0.3, 0.4) is 0 Å². The number of carboxylic acid groups (broad SMARTS) is 1. The molecule has 1 aliphatic rings. The lowest BCUT2D eigenvalue weighted by atomic mass is 10.1. The molecule has 0 spiro atoms. The molecular formula is C15H14F3N3O2. The zero-order valence-corrected chi connectivity index (χ0v) is 12.0. The zero-order chi connectivity index (χ0) is 16.6. The van der Waals surface area contributed by atoms with E-state index in [1.54, 1.807) is 0 Å². The number of benzene rings is 1. The van der Waals surface area contributed by atoms with E-state index in [1.165, 1.54) is 23.2 Å². The summed E-state index contributed by atoms with van der Waals surface area (Å²) in [5, 5.41) is 9.15. The molecule has 2 heterocycles. The predicted molar refractivity (Wildman–Crippen MR) is 75.7 cm³/mol. The van der Waals surface area contributed by atoms with Crippen molar-refractivity contribution in [1.82, 2.24) is 14.9 Å². The minimum absolute atomic E-state index is 0.337. The number of imidazole rings is 1. The largest absolute Gasteiger partial charge is 0.465 e. The van der Waals surface area contributed by atoms with Gasteiger partial charge in [-0.3, -0.25) is 4.90 Å². The van der Waals surface area contributed by atoms with Crippen LogP contribution in [-0.4, -0.2) is 32.6 Å². The molecule has 3 rings (SSSR count). The molecule has 0 aliphatic carbocycles. The number of aromatic amines is 1. The van der Waals surface area contributed by atoms with Gasteiger partial charge in [-0.05, 0) is 30.5 Å². The van der Waals surface area contributed by atoms with Crippen molar-refractivity contribution >= 4 is 6.09 Å². The second kappa shape index (κ2) is 5.60. The maximum absolute atomic E-state index is 12.6. The molecule has 1 amide bonds. The second-order valence-corrected chi connectivity index (χ2v) is 5.39. The Morgan fingerprint density at radius 3 is 2.61 bits per heavy atom. The van der Waals surface area contributed by atoms with Gasteiger partial charge >= 0.3 is 12.3 Å². The van der Waals surface area contributed by atoms with E-state index in [0.29, 0.717) is 30.0 Å². The molecule has 1 fully saturated rings. The number of alkyl halides is 3. The van der Waals surface area contributed by atoms with Crippen LogP contribution < -0.4 is 0 Å². The van der Waals surface area contributed by atoms with Crippen LogP contribution in [0.1, 0.15) is 30.3 Å². The summed E-state index contributed by atoms with van der Waals surface area (Å²) in [6.45, 7) is 0.455. The number of H-pyrrole nitrogens is 1. The van der Waals surface area contributed by atoms with Gasteiger partial charge < -0.3 is 10.1 Å². The van der Waals surface area contributed by atoms with Crippen molar-refractivity contribution in [2.24, 2.45) is 0 Å². The van der Waals surface area contributed by atoms with E-state index in [1.807, 2.05) is 0 Å². The van der Waals surface area contributed by atoms with Gasteiger partial charge in [-0.25, -0.2) is 9.78 Å². The lowest BCUT2D eigenvalue weighted by Gasteiger charge is -2.19. The Hall–Kier alpha value is -2.51. The highest BCUT2D eigenvalue weighted by molar-refractivity contribution is 5.66. The number of halogens is 3. The minimum atomic E-state index is -4.37. The number of likely N-dealkylation sites (tertiary alicyclic amines) is 1. The Labute approximate surface area is 129 Å². The highest BCUT2D eigenvalue weighted by atomic mass is 19.4. The molecule has 1 aliphatic heterocycles. The van der Waals surface area contributed by atoms with Crippen molar-refractivity contribution in [2.75, 3.05) is 6.54 Å². The van der Waals surface area contributed by atoms with Crippen LogP contribution in [0.4, 0.5) is 18.0 Å². The quantitative estimate of drug-likeness (QED) is 0.879. The Morgan fingerprint density at radius 1 is 1.30 bits per heavy atom. The number of rotatable bonds is 2. The van der Waals surface area contributed by atoms with Gasteiger partial charge in [-0.15, -0.1) is 0 Å². The third-order valence-electron chi connectivity index (χ3n) is 3.93. The summed E-state index contributed by atoms with van der Waals surface area (Å²) in [4.78, 5) is 19.7. The molecular weight excluding hydrogens is 311 g/mol. The molecule has 8 heteroatoms. The second-order valence-electron chi connectivity index (χ2n) is 5.39. The van der Waals surface area contributed by atoms with Crippen molar-refractivity contribution in [2.45, 2.75) is 25.1 Å². The average Bonchev–Trinajstić information content (AvgIpc) is 3.15. The highest BCUT2D eigenvalue weighted by Crippen LogP contribution is 2.33. The summed E-state index contributed by atoms with van der Waals surface area (Å²) in [7, 11) is 0. The van der Waals surface area contributed by atoms with E-state index in [-0.39, 0.29) is 6.04 Å². The molecule has 1 aromatic heterocycles. The number of hydrogen-bond acceptors (Lipinski definition) is 2. The van der Waals surface area contributed by atoms with Crippen molar-refractivity contribution in [1.29, 1.82) is 0 Å². The van der Waals surface area contributed by atoms with Gasteiger partial charge in [0.1, 0.15) is 5.82 Å². The Morgan fingerprint density at radius 2 is 2.00 bits per heavy atom. The van der Waals surface area contributed by atoms with E-state index < -0.39 is 17.8 Å². The van der Waals surface area contributed by atoms with Gasteiger partial charge in [0.15, 0.2) is 0 Å². The molecule has 2 aromatic rings. The number of nitrogens with one attached hydrogen (secondary N) is 1. The zero-order valence-electron chi connectivity index (χ0n) is 12.0. The third kappa shape index (κ3) is 3.01. The fourth-order valence-corrected chi connectivity index (χ4v) is 2.77. The van der Waals surface area contributed by atoms with Crippen LogP contribution in [-0.2, 0) is 6.18 Å². The third-order valence-corrected chi connectivity index (χ3v) is 3.93. The summed E-state index contributed by atoms with van der Waals surface area (Å²) < 4.78 is 37.7. The topological polar surface area (TPSA) is 69.2 Å². The van der Waals surface area contributed by atoms with Crippen LogP contribution >= 0.6 is 0 Å². The predicted octanol–water partition coefficient (Wildman–Crippen LogP) is 3.91. The smallest absolute Gasteiger partial charge is 0.416 e. The first kappa shape index (κ1) is 15.4. The number of amides is 1. The normalized spacial score (nSPS) is 18.4. The molecule has 122 valence electrons. The molecule has 2 N–H and O–H groups in total. The molecule has 1 saturated heterocycles. The summed E-state index contributed by atoms with van der Waals surface area (Å²) in [6.07, 6.45) is -2.43. The van der Waals surface area contributed by atoms with Crippen LogP contribution in [0.15, 0.2) is 30.5 Å². The van der Waals surface area contributed by atoms with Crippen molar-refractivity contribution in [3.63, 3.8) is 0 Å². The first-order valence-corrected chi connectivity index (χ1v) is 7.08. The summed E-state index contributed by atoms with van der Waals surface area (Å²) >= 11 is 0. The van der Waals surface area contributed by atoms with Crippen LogP contribution in [0.2, 0.25) is 0 Å². The van der Waals surface area contributed by atoms with Crippen molar-refractivity contribution in [3.05, 3.63) is 41.9 Å². The molecule has 1 atom stereocenters. The molecule has 0 bridgehead atoms. The van der Waals surface area contributed by atoms with Crippen molar-refractivity contribution in [3.8, 4) is 11.3 Å². The van der Waals surface area contributed by atoms with Gasteiger partial charge in [0.05, 0.1) is 23.5 Å². The molecule has 1 aromatic carbocycles. The van der Waals surface area contributed by atoms with Crippen LogP contribution in [0.25, 0.3) is 11.3 Å². The summed E-state index contributed by atoms with van der Waals surface area (Å²) in [6, 6.07) is 4.41. The summed E-state index contributed by atoms with van der Waals surface area (Å²) in [5.74, 6) is 0.514. The Balaban J connectivity index is 1.83. The van der Waals surface area contributed by atoms with E-state index in [4.69, 9.17) is 5.11 Å². The molecule has 0 saturated carbocycles. The SMILES string of the molecule is O=C(O)N1CCC[C@H]1c1ncc(-c2ccc(C(F)(F)F)cc2)[nH]1. The van der Waals surface area contributed by atoms with Gasteiger partial charge in [0.2, 0.25) is 0 Å². The van der Waals surface area contributed by atoms with E-state index in [0.717, 1.165) is 18.6 Å². The monoisotopic (exact) mass is 325 g/mol. The lowest BCUT2D eigenvalue weighted by molar-refractivity contribution is -0.137. The minimum Gasteiger partial charge on any atom is -0.465 e. The highest BCUT2D eigenvalue weighted by Gasteiger charge is 2.32. The van der Waals surface area contributed by atoms with E-state index in [2.05, 4.69) is 9.97 Å². The Bertz CT molecular complexity index is 710. The molecule has 5 nitrogen and oxygen atoms in total. The lowest BCUT2D eigenvalue weighted by Crippen LogP contribution is -2.29. The Kier molecular flexibility index (Phi) is 3.75. The van der Waals surface area contributed by atoms with Gasteiger partial charge in [-0.1, -0.05) is 12.1 Å². The maximum Gasteiger partial charge on any atom is 0.416 e. The number of hydrogen-bond donors (Lipinski definition) is 2. The van der Waals surface area contributed by atoms with Gasteiger partial charge in [-0.2, -0.15) is 13.2 Å². The fraction of sp³-hybridized carbons (Fsp3) is 0.333. The number of carbonyl (C=O) groups is 1. The molecule has 0 radical (unpaired) electrons. The maximum atomic E-state index is 12.6. The first-order valence-electron chi connectivity index (χ1n) is 7.08. The standard InChI is InChI=1S/C15H14F3N3O2/c16-15(17,18)10-5-3-9(4-6-10)11-8-19-13(20-11)12-2-1-7-21(12)14(22)23/h3-6,8,12H,1-2,7H2,(H,19,20)(H,22,23)/t12-/m0/s1. The van der Waals surface area contributed by atoms with Gasteiger partial charge in [0.25, 0.3) is 0 Å².